The molecule has 0 saturated heterocycles. The summed E-state index contributed by atoms with van der Waals surface area (Å²) in [6, 6.07) is -0.153. The zero-order chi connectivity index (χ0) is 11.6. The van der Waals surface area contributed by atoms with Crippen LogP contribution in [0.4, 0.5) is 0 Å². The smallest absolute Gasteiger partial charge is 0.243 e. The first-order valence-electron chi connectivity index (χ1n) is 5.86. The molecule has 0 amide bonds. The van der Waals surface area contributed by atoms with Crippen molar-refractivity contribution in [2.24, 2.45) is 5.73 Å². The molecule has 1 heterocycles. The van der Waals surface area contributed by atoms with Gasteiger partial charge in [-0.2, -0.15) is 4.98 Å². The normalized spacial score (nSPS) is 20.4. The maximum Gasteiger partial charge on any atom is 0.243 e. The largest absolute Gasteiger partial charge is 0.370 e. The van der Waals surface area contributed by atoms with E-state index in [9.17, 15) is 0 Å². The summed E-state index contributed by atoms with van der Waals surface area (Å²) in [7, 11) is 1.70. The van der Waals surface area contributed by atoms with Crippen molar-refractivity contribution in [3.63, 3.8) is 0 Å². The first-order chi connectivity index (χ1) is 7.72. The number of nitrogens with zero attached hydrogens (tertiary/aromatic N) is 2. The maximum absolute atomic E-state index is 5.93. The van der Waals surface area contributed by atoms with Crippen molar-refractivity contribution in [2.75, 3.05) is 7.11 Å². The van der Waals surface area contributed by atoms with Crippen molar-refractivity contribution in [1.82, 2.24) is 10.1 Å². The predicted molar refractivity (Wildman–Crippen MR) is 58.7 cm³/mol. The fourth-order valence-electron chi connectivity index (χ4n) is 2.02. The summed E-state index contributed by atoms with van der Waals surface area (Å²) in [5, 5.41) is 3.99. The van der Waals surface area contributed by atoms with Crippen LogP contribution in [0.25, 0.3) is 0 Å². The van der Waals surface area contributed by atoms with Gasteiger partial charge in [0.2, 0.25) is 11.7 Å². The molecule has 90 valence electrons. The summed E-state index contributed by atoms with van der Waals surface area (Å²) in [5.74, 6) is 1.18. The van der Waals surface area contributed by atoms with Crippen molar-refractivity contribution >= 4 is 0 Å². The minimum atomic E-state index is -0.312. The van der Waals surface area contributed by atoms with E-state index in [1.165, 1.54) is 0 Å². The molecule has 1 saturated carbocycles. The molecule has 0 aromatic carbocycles. The number of hydrogen-bond donors (Lipinski definition) is 1. The van der Waals surface area contributed by atoms with Crippen LogP contribution in [0.15, 0.2) is 4.52 Å². The number of methoxy groups -OCH3 is 1. The molecule has 2 rings (SSSR count). The van der Waals surface area contributed by atoms with Crippen LogP contribution in [0.2, 0.25) is 0 Å². The van der Waals surface area contributed by atoms with Gasteiger partial charge in [-0.1, -0.05) is 18.5 Å². The van der Waals surface area contributed by atoms with Gasteiger partial charge in [-0.25, -0.2) is 0 Å². The Balaban J connectivity index is 2.12. The van der Waals surface area contributed by atoms with E-state index in [1.54, 1.807) is 7.11 Å². The van der Waals surface area contributed by atoms with Crippen LogP contribution in [0, 0.1) is 0 Å². The van der Waals surface area contributed by atoms with Crippen LogP contribution in [0.3, 0.4) is 0 Å². The van der Waals surface area contributed by atoms with Gasteiger partial charge < -0.3 is 15.0 Å². The SMILES string of the molecule is CCC[C@@H](N)c1nc(C2(OC)CCC2)no1. The fraction of sp³-hybridized carbons (Fsp3) is 0.818. The Hall–Kier alpha value is -0.940. The number of aromatic nitrogens is 2. The van der Waals surface area contributed by atoms with Gasteiger partial charge >= 0.3 is 0 Å². The van der Waals surface area contributed by atoms with E-state index < -0.39 is 0 Å². The van der Waals surface area contributed by atoms with Crippen LogP contribution in [0.5, 0.6) is 0 Å². The second-order valence-corrected chi connectivity index (χ2v) is 4.40. The van der Waals surface area contributed by atoms with Crippen LogP contribution < -0.4 is 5.73 Å². The summed E-state index contributed by atoms with van der Waals surface area (Å²) in [6.07, 6.45) is 4.95. The first-order valence-corrected chi connectivity index (χ1v) is 5.86. The molecule has 1 fully saturated rings. The number of ether oxygens (including phenoxy) is 1. The van der Waals surface area contributed by atoms with Crippen molar-refractivity contribution in [2.45, 2.75) is 50.7 Å². The van der Waals surface area contributed by atoms with Crippen molar-refractivity contribution in [3.8, 4) is 0 Å². The lowest BCUT2D eigenvalue weighted by Gasteiger charge is -2.37. The third kappa shape index (κ3) is 1.85. The molecule has 16 heavy (non-hydrogen) atoms. The van der Waals surface area contributed by atoms with Crippen molar-refractivity contribution in [3.05, 3.63) is 11.7 Å². The highest BCUT2D eigenvalue weighted by Crippen LogP contribution is 2.42. The Morgan fingerprint density at radius 1 is 1.56 bits per heavy atom. The van der Waals surface area contributed by atoms with Crippen molar-refractivity contribution in [1.29, 1.82) is 0 Å². The third-order valence-electron chi connectivity index (χ3n) is 3.32. The van der Waals surface area contributed by atoms with Crippen molar-refractivity contribution < 1.29 is 9.26 Å². The monoisotopic (exact) mass is 225 g/mol. The third-order valence-corrected chi connectivity index (χ3v) is 3.32. The summed E-state index contributed by atoms with van der Waals surface area (Å²) < 4.78 is 10.7. The minimum Gasteiger partial charge on any atom is -0.370 e. The lowest BCUT2D eigenvalue weighted by molar-refractivity contribution is -0.0858. The lowest BCUT2D eigenvalue weighted by atomic mass is 9.79. The van der Waals surface area contributed by atoms with Gasteiger partial charge in [0.1, 0.15) is 5.60 Å². The van der Waals surface area contributed by atoms with Crippen LogP contribution in [-0.4, -0.2) is 17.3 Å². The van der Waals surface area contributed by atoms with E-state index in [0.717, 1.165) is 32.1 Å². The zero-order valence-corrected chi connectivity index (χ0v) is 9.90. The van der Waals surface area contributed by atoms with Gasteiger partial charge in [0, 0.05) is 7.11 Å². The molecule has 5 nitrogen and oxygen atoms in total. The standard InChI is InChI=1S/C11H19N3O2/c1-3-5-8(12)9-13-10(14-16-9)11(15-2)6-4-7-11/h8H,3-7,12H2,1-2H3/t8-/m1/s1. The molecule has 1 atom stereocenters. The molecule has 0 spiro atoms. The summed E-state index contributed by atoms with van der Waals surface area (Å²) in [4.78, 5) is 4.37. The molecule has 0 unspecified atom stereocenters. The van der Waals surface area contributed by atoms with Crippen LogP contribution in [0.1, 0.15) is 56.8 Å². The van der Waals surface area contributed by atoms with E-state index in [1.807, 2.05) is 0 Å². The number of hydrogen-bond acceptors (Lipinski definition) is 5. The Bertz CT molecular complexity index is 341. The first kappa shape index (κ1) is 11.5. The molecule has 0 aliphatic heterocycles. The fourth-order valence-corrected chi connectivity index (χ4v) is 2.02. The topological polar surface area (TPSA) is 74.2 Å². The van der Waals surface area contributed by atoms with E-state index in [4.69, 9.17) is 15.0 Å². The van der Waals surface area contributed by atoms with E-state index in [2.05, 4.69) is 17.1 Å². The Kier molecular flexibility index (Phi) is 3.25. The molecule has 1 aromatic rings. The van der Waals surface area contributed by atoms with E-state index in [-0.39, 0.29) is 11.6 Å². The molecule has 1 aromatic heterocycles. The average Bonchev–Trinajstić information content (AvgIpc) is 2.67. The second kappa shape index (κ2) is 4.51. The van der Waals surface area contributed by atoms with Gasteiger partial charge in [-0.05, 0) is 25.7 Å². The van der Waals surface area contributed by atoms with Crippen LogP contribution >= 0.6 is 0 Å². The molecule has 2 N–H and O–H groups in total. The Morgan fingerprint density at radius 3 is 2.81 bits per heavy atom. The summed E-state index contributed by atoms with van der Waals surface area (Å²) >= 11 is 0. The average molecular weight is 225 g/mol. The van der Waals surface area contributed by atoms with Gasteiger partial charge in [-0.15, -0.1) is 0 Å². The summed E-state index contributed by atoms with van der Waals surface area (Å²) in [6.45, 7) is 2.08. The molecule has 0 bridgehead atoms. The highest BCUT2D eigenvalue weighted by molar-refractivity contribution is 5.07. The molecular weight excluding hydrogens is 206 g/mol. The molecule has 5 heteroatoms. The van der Waals surface area contributed by atoms with Gasteiger partial charge in [0.05, 0.1) is 6.04 Å². The van der Waals surface area contributed by atoms with Gasteiger partial charge in [0.15, 0.2) is 0 Å². The highest BCUT2D eigenvalue weighted by atomic mass is 16.5. The quantitative estimate of drug-likeness (QED) is 0.828. The highest BCUT2D eigenvalue weighted by Gasteiger charge is 2.43. The van der Waals surface area contributed by atoms with Gasteiger partial charge in [-0.3, -0.25) is 0 Å². The number of rotatable bonds is 5. The van der Waals surface area contributed by atoms with Gasteiger partial charge in [0.25, 0.3) is 0 Å². The second-order valence-electron chi connectivity index (χ2n) is 4.40. The maximum atomic E-state index is 5.93. The summed E-state index contributed by atoms with van der Waals surface area (Å²) in [5.41, 5.74) is 5.61. The molecule has 1 aliphatic carbocycles. The van der Waals surface area contributed by atoms with E-state index >= 15 is 0 Å². The van der Waals surface area contributed by atoms with Crippen LogP contribution in [-0.2, 0) is 10.3 Å². The number of nitrogens with two attached hydrogens (primary N) is 1. The lowest BCUT2D eigenvalue weighted by Crippen LogP contribution is -2.37. The van der Waals surface area contributed by atoms with E-state index in [0.29, 0.717) is 11.7 Å². The molecular formula is C11H19N3O2. The zero-order valence-electron chi connectivity index (χ0n) is 9.90. The Morgan fingerprint density at radius 2 is 2.31 bits per heavy atom. The Labute approximate surface area is 95.3 Å². The predicted octanol–water partition coefficient (Wildman–Crippen LogP) is 1.90. The minimum absolute atomic E-state index is 0.153. The molecule has 0 radical (unpaired) electrons. The molecule has 1 aliphatic rings.